The number of hydrogen-bond donors (Lipinski definition) is 0. The minimum absolute atomic E-state index is 0.179. The molecule has 0 saturated carbocycles. The van der Waals surface area contributed by atoms with E-state index in [2.05, 4.69) is 0 Å². The maximum atomic E-state index is 13.5. The highest BCUT2D eigenvalue weighted by Gasteiger charge is 2.33. The van der Waals surface area contributed by atoms with E-state index >= 15 is 0 Å². The highest BCUT2D eigenvalue weighted by molar-refractivity contribution is 7.54. The zero-order valence-corrected chi connectivity index (χ0v) is 10.8. The smallest absolute Gasteiger partial charge is 0.301 e. The molecule has 0 N–H and O–H groups in total. The zero-order valence-electron chi connectivity index (χ0n) is 9.95. The molecule has 0 rings (SSSR count). The molecule has 0 radical (unpaired) electrons. The molecule has 4 heteroatoms. The first kappa shape index (κ1) is 14.1. The fourth-order valence-corrected chi connectivity index (χ4v) is 2.36. The van der Waals surface area contributed by atoms with E-state index in [9.17, 15) is 8.76 Å². The van der Waals surface area contributed by atoms with Crippen molar-refractivity contribution in [1.82, 2.24) is 0 Å². The largest absolute Gasteiger partial charge is 0.370 e. The summed E-state index contributed by atoms with van der Waals surface area (Å²) in [7, 11) is -3.93. The van der Waals surface area contributed by atoms with E-state index < -0.39 is 13.3 Å². The Morgan fingerprint density at radius 2 is 1.36 bits per heavy atom. The van der Waals surface area contributed by atoms with Crippen LogP contribution in [-0.4, -0.2) is 11.8 Å². The van der Waals surface area contributed by atoms with Crippen molar-refractivity contribution in [3.8, 4) is 0 Å². The highest BCUT2D eigenvalue weighted by Crippen LogP contribution is 2.55. The molecule has 0 aliphatic rings. The monoisotopic (exact) mass is 224 g/mol. The summed E-state index contributed by atoms with van der Waals surface area (Å²) in [6.07, 6.45) is -0.270. The minimum atomic E-state index is -3.93. The Hall–Kier alpha value is 0.120. The Bertz CT molecular complexity index is 206. The van der Waals surface area contributed by atoms with Gasteiger partial charge in [-0.15, -0.1) is 0 Å². The Kier molecular flexibility index (Phi) is 5.32. The lowest BCUT2D eigenvalue weighted by molar-refractivity contribution is 0.0965. The van der Waals surface area contributed by atoms with Crippen LogP contribution in [-0.2, 0) is 9.09 Å². The second kappa shape index (κ2) is 5.27. The molecule has 0 spiro atoms. The molecule has 0 saturated heterocycles. The summed E-state index contributed by atoms with van der Waals surface area (Å²) in [5.74, 6) is 0.357. The fraction of sp³-hybridized carbons (Fsp3) is 1.00. The van der Waals surface area contributed by atoms with E-state index in [4.69, 9.17) is 4.52 Å². The van der Waals surface area contributed by atoms with Gasteiger partial charge in [0.1, 0.15) is 0 Å². The lowest BCUT2D eigenvalue weighted by Crippen LogP contribution is -2.25. The summed E-state index contributed by atoms with van der Waals surface area (Å²) in [5.41, 5.74) is -0.553. The number of hydrogen-bond acceptors (Lipinski definition) is 2. The van der Waals surface area contributed by atoms with Crippen LogP contribution in [0.1, 0.15) is 41.5 Å². The van der Waals surface area contributed by atoms with Gasteiger partial charge in [-0.1, -0.05) is 41.5 Å². The van der Waals surface area contributed by atoms with Crippen LogP contribution in [0.4, 0.5) is 4.20 Å². The van der Waals surface area contributed by atoms with Crippen LogP contribution >= 0.6 is 7.68 Å². The van der Waals surface area contributed by atoms with Crippen molar-refractivity contribution in [2.45, 2.75) is 53.3 Å². The van der Waals surface area contributed by atoms with Gasteiger partial charge in [-0.05, 0) is 11.8 Å². The van der Waals surface area contributed by atoms with Crippen LogP contribution in [0.3, 0.4) is 0 Å². The number of halogens is 1. The molecule has 1 unspecified atom stereocenters. The summed E-state index contributed by atoms with van der Waals surface area (Å²) in [6.45, 7) is 11.0. The van der Waals surface area contributed by atoms with Crippen molar-refractivity contribution in [2.24, 2.45) is 11.8 Å². The van der Waals surface area contributed by atoms with Crippen molar-refractivity contribution in [3.05, 3.63) is 0 Å². The molecule has 0 aromatic heterocycles. The van der Waals surface area contributed by atoms with Crippen LogP contribution in [0.25, 0.3) is 0 Å². The molecule has 0 aromatic rings. The van der Waals surface area contributed by atoms with Crippen molar-refractivity contribution in [2.75, 3.05) is 0 Å². The fourth-order valence-electron chi connectivity index (χ4n) is 1.30. The summed E-state index contributed by atoms with van der Waals surface area (Å²) >= 11 is 0. The summed E-state index contributed by atoms with van der Waals surface area (Å²) in [4.78, 5) is 0. The minimum Gasteiger partial charge on any atom is -0.301 e. The Morgan fingerprint density at radius 1 is 1.00 bits per heavy atom. The first-order chi connectivity index (χ1) is 6.18. The van der Waals surface area contributed by atoms with Gasteiger partial charge in [0.05, 0.1) is 11.8 Å². The second-order valence-corrected chi connectivity index (χ2v) is 6.96. The van der Waals surface area contributed by atoms with Crippen molar-refractivity contribution < 1.29 is 13.3 Å². The molecule has 0 aliphatic heterocycles. The number of rotatable bonds is 5. The van der Waals surface area contributed by atoms with Crippen LogP contribution in [0.2, 0.25) is 0 Å². The Labute approximate surface area is 86.8 Å². The quantitative estimate of drug-likeness (QED) is 0.652. The molecule has 0 heterocycles. The van der Waals surface area contributed by atoms with E-state index in [1.165, 1.54) is 0 Å². The maximum absolute atomic E-state index is 13.5. The van der Waals surface area contributed by atoms with Crippen LogP contribution in [0.5, 0.6) is 0 Å². The van der Waals surface area contributed by atoms with Gasteiger partial charge >= 0.3 is 7.68 Å². The van der Waals surface area contributed by atoms with Crippen LogP contribution in [0.15, 0.2) is 0 Å². The van der Waals surface area contributed by atoms with E-state index in [-0.39, 0.29) is 17.9 Å². The van der Waals surface area contributed by atoms with E-state index in [1.807, 2.05) is 27.7 Å². The van der Waals surface area contributed by atoms with Crippen LogP contribution in [0, 0.1) is 11.8 Å². The SMILES string of the molecule is CC(C)C(OP(=O)(F)C(C)C)C(C)C. The first-order valence-electron chi connectivity index (χ1n) is 5.16. The van der Waals surface area contributed by atoms with E-state index in [0.717, 1.165) is 0 Å². The summed E-state index contributed by atoms with van der Waals surface area (Å²) in [5, 5.41) is 0. The topological polar surface area (TPSA) is 26.3 Å². The lowest BCUT2D eigenvalue weighted by Gasteiger charge is -2.27. The summed E-state index contributed by atoms with van der Waals surface area (Å²) in [6, 6.07) is 0. The van der Waals surface area contributed by atoms with Crippen molar-refractivity contribution >= 4 is 7.68 Å². The molecule has 0 amide bonds. The maximum Gasteiger partial charge on any atom is 0.370 e. The average molecular weight is 224 g/mol. The second-order valence-electron chi connectivity index (χ2n) is 4.67. The Balaban J connectivity index is 4.53. The Morgan fingerprint density at radius 3 is 1.57 bits per heavy atom. The highest BCUT2D eigenvalue weighted by atomic mass is 31.2. The molecule has 14 heavy (non-hydrogen) atoms. The van der Waals surface area contributed by atoms with Crippen molar-refractivity contribution in [1.29, 1.82) is 0 Å². The third kappa shape index (κ3) is 4.10. The average Bonchev–Trinajstić information content (AvgIpc) is 1.98. The summed E-state index contributed by atoms with van der Waals surface area (Å²) < 4.78 is 30.1. The molecule has 1 atom stereocenters. The van der Waals surface area contributed by atoms with E-state index in [0.29, 0.717) is 0 Å². The third-order valence-corrected chi connectivity index (χ3v) is 3.96. The predicted molar refractivity (Wildman–Crippen MR) is 58.4 cm³/mol. The third-order valence-electron chi connectivity index (χ3n) is 2.20. The lowest BCUT2D eigenvalue weighted by atomic mass is 9.97. The molecule has 2 nitrogen and oxygen atoms in total. The van der Waals surface area contributed by atoms with Gasteiger partial charge < -0.3 is 4.52 Å². The van der Waals surface area contributed by atoms with Gasteiger partial charge in [0.25, 0.3) is 0 Å². The van der Waals surface area contributed by atoms with Crippen molar-refractivity contribution in [3.63, 3.8) is 0 Å². The van der Waals surface area contributed by atoms with E-state index in [1.54, 1.807) is 13.8 Å². The van der Waals surface area contributed by atoms with Gasteiger partial charge in [-0.25, -0.2) is 0 Å². The normalized spacial score (nSPS) is 17.1. The van der Waals surface area contributed by atoms with Gasteiger partial charge in [-0.2, -0.15) is 4.20 Å². The van der Waals surface area contributed by atoms with Gasteiger partial charge in [0.2, 0.25) is 0 Å². The van der Waals surface area contributed by atoms with Gasteiger partial charge in [0.15, 0.2) is 0 Å². The molecule has 0 fully saturated rings. The standard InChI is InChI=1S/C10H22FO2P/c1-7(2)10(8(3)4)13-14(11,12)9(5)6/h7-10H,1-6H3. The van der Waals surface area contributed by atoms with Gasteiger partial charge in [0, 0.05) is 0 Å². The van der Waals surface area contributed by atoms with Crippen LogP contribution < -0.4 is 0 Å². The molecule has 0 bridgehead atoms. The molecule has 86 valence electrons. The first-order valence-corrected chi connectivity index (χ1v) is 6.74. The molecule has 0 aromatic carbocycles. The molecular weight excluding hydrogens is 202 g/mol. The van der Waals surface area contributed by atoms with Gasteiger partial charge in [-0.3, -0.25) is 4.57 Å². The predicted octanol–water partition coefficient (Wildman–Crippen LogP) is 4.25. The molecular formula is C10H22FO2P. The zero-order chi connectivity index (χ0) is 11.5. The molecule has 0 aliphatic carbocycles.